The quantitative estimate of drug-likeness (QED) is 0.446. The molecule has 4 aliphatic carbocycles. The molecule has 4 rings (SSSR count). The standard InChI is InChI=1S/C29H50O2/c1-7-20(18(2)3)9-8-19(4)27-26(31)17-25-23-11-10-21-16-22(30)12-14-28(21,5)24(23)13-15-29(25,27)6/h17-24,26-27,30-31H,7-16H2,1-6H3/t19-,20-,21+,22+,23-,24+,26-,27+,28+,29+/m1/s1. The Morgan fingerprint density at radius 1 is 1.00 bits per heavy atom. The molecule has 0 aromatic rings. The molecule has 0 unspecified atom stereocenters. The van der Waals surface area contributed by atoms with Crippen LogP contribution in [-0.4, -0.2) is 22.4 Å². The molecule has 10 atom stereocenters. The van der Waals surface area contributed by atoms with Gasteiger partial charge in [-0.15, -0.1) is 0 Å². The maximum absolute atomic E-state index is 11.3. The van der Waals surface area contributed by atoms with Crippen molar-refractivity contribution >= 4 is 0 Å². The molecule has 2 heteroatoms. The lowest BCUT2D eigenvalue weighted by Crippen LogP contribution is -2.52. The molecule has 0 amide bonds. The molecule has 2 N–H and O–H groups in total. The third kappa shape index (κ3) is 3.96. The number of allylic oxidation sites excluding steroid dienone is 1. The normalized spacial score (nSPS) is 46.7. The van der Waals surface area contributed by atoms with Gasteiger partial charge < -0.3 is 10.2 Å². The average Bonchev–Trinajstić information content (AvgIpc) is 2.98. The zero-order chi connectivity index (χ0) is 22.6. The number of hydrogen-bond donors (Lipinski definition) is 2. The highest BCUT2D eigenvalue weighted by Gasteiger charge is 2.59. The summed E-state index contributed by atoms with van der Waals surface area (Å²) < 4.78 is 0. The predicted molar refractivity (Wildman–Crippen MR) is 130 cm³/mol. The van der Waals surface area contributed by atoms with E-state index >= 15 is 0 Å². The van der Waals surface area contributed by atoms with Crippen LogP contribution in [0.25, 0.3) is 0 Å². The second-order valence-corrected chi connectivity index (χ2v) is 13.0. The lowest BCUT2D eigenvalue weighted by atomic mass is 9.45. The van der Waals surface area contributed by atoms with E-state index in [1.165, 1.54) is 51.4 Å². The summed E-state index contributed by atoms with van der Waals surface area (Å²) in [5.41, 5.74) is 2.22. The van der Waals surface area contributed by atoms with Crippen LogP contribution in [0, 0.1) is 52.3 Å². The van der Waals surface area contributed by atoms with Gasteiger partial charge in [-0.2, -0.15) is 0 Å². The van der Waals surface area contributed by atoms with Crippen LogP contribution in [0.2, 0.25) is 0 Å². The van der Waals surface area contributed by atoms with Crippen LogP contribution in [0.15, 0.2) is 11.6 Å². The van der Waals surface area contributed by atoms with E-state index in [4.69, 9.17) is 0 Å². The molecular weight excluding hydrogens is 380 g/mol. The van der Waals surface area contributed by atoms with Crippen LogP contribution in [0.1, 0.15) is 106 Å². The monoisotopic (exact) mass is 430 g/mol. The molecule has 0 aromatic heterocycles. The van der Waals surface area contributed by atoms with Crippen LogP contribution in [-0.2, 0) is 0 Å². The van der Waals surface area contributed by atoms with Gasteiger partial charge in [0, 0.05) is 5.92 Å². The lowest BCUT2D eigenvalue weighted by molar-refractivity contribution is -0.0888. The molecule has 3 saturated carbocycles. The van der Waals surface area contributed by atoms with Crippen molar-refractivity contribution in [3.8, 4) is 0 Å². The first-order valence-electron chi connectivity index (χ1n) is 13.7. The van der Waals surface area contributed by atoms with E-state index in [0.29, 0.717) is 29.1 Å². The van der Waals surface area contributed by atoms with Gasteiger partial charge in [0.15, 0.2) is 0 Å². The van der Waals surface area contributed by atoms with Gasteiger partial charge in [-0.05, 0) is 97.7 Å². The van der Waals surface area contributed by atoms with Crippen LogP contribution < -0.4 is 0 Å². The van der Waals surface area contributed by atoms with Crippen molar-refractivity contribution in [3.63, 3.8) is 0 Å². The van der Waals surface area contributed by atoms with E-state index in [-0.39, 0.29) is 17.6 Å². The van der Waals surface area contributed by atoms with Gasteiger partial charge in [0.1, 0.15) is 0 Å². The molecule has 0 aromatic carbocycles. The second-order valence-electron chi connectivity index (χ2n) is 13.0. The Bertz CT molecular complexity index is 668. The fraction of sp³-hybridized carbons (Fsp3) is 0.931. The van der Waals surface area contributed by atoms with Crippen LogP contribution in [0.5, 0.6) is 0 Å². The number of rotatable bonds is 6. The van der Waals surface area contributed by atoms with E-state index in [1.54, 1.807) is 5.57 Å². The first kappa shape index (κ1) is 23.8. The maximum atomic E-state index is 11.3. The zero-order valence-corrected chi connectivity index (χ0v) is 21.2. The smallest absolute Gasteiger partial charge is 0.0762 e. The SMILES string of the molecule is CC[C@H](CC[C@@H](C)[C@H]1[C@H](O)C=C2[C@@H]3CC[C@H]4C[C@@H](O)CC[C@]4(C)[C@H]3CC[C@@]21C)C(C)C. The van der Waals surface area contributed by atoms with Crippen molar-refractivity contribution in [1.82, 2.24) is 0 Å². The highest BCUT2D eigenvalue weighted by atomic mass is 16.3. The van der Waals surface area contributed by atoms with Gasteiger partial charge in [-0.1, -0.05) is 66.0 Å². The lowest BCUT2D eigenvalue weighted by Gasteiger charge is -2.59. The van der Waals surface area contributed by atoms with E-state index in [9.17, 15) is 10.2 Å². The summed E-state index contributed by atoms with van der Waals surface area (Å²) in [4.78, 5) is 0. The molecule has 0 bridgehead atoms. The summed E-state index contributed by atoms with van der Waals surface area (Å²) in [6.45, 7) is 14.6. The largest absolute Gasteiger partial charge is 0.393 e. The van der Waals surface area contributed by atoms with Crippen molar-refractivity contribution in [2.24, 2.45) is 52.3 Å². The fourth-order valence-electron chi connectivity index (χ4n) is 9.27. The van der Waals surface area contributed by atoms with Gasteiger partial charge in [-0.3, -0.25) is 0 Å². The minimum absolute atomic E-state index is 0.0704. The third-order valence-corrected chi connectivity index (χ3v) is 11.2. The fourth-order valence-corrected chi connectivity index (χ4v) is 9.27. The van der Waals surface area contributed by atoms with Gasteiger partial charge in [0.2, 0.25) is 0 Å². The summed E-state index contributed by atoms with van der Waals surface area (Å²) in [6, 6.07) is 0. The molecule has 178 valence electrons. The number of aliphatic hydroxyl groups is 2. The molecule has 0 aliphatic heterocycles. The van der Waals surface area contributed by atoms with E-state index in [0.717, 1.165) is 30.6 Å². The minimum atomic E-state index is -0.258. The van der Waals surface area contributed by atoms with E-state index in [1.807, 2.05) is 0 Å². The Morgan fingerprint density at radius 3 is 2.42 bits per heavy atom. The Labute approximate surface area is 192 Å². The minimum Gasteiger partial charge on any atom is -0.393 e. The predicted octanol–water partition coefficient (Wildman–Crippen LogP) is 7.00. The van der Waals surface area contributed by atoms with Crippen LogP contribution in [0.3, 0.4) is 0 Å². The highest BCUT2D eigenvalue weighted by Crippen LogP contribution is 2.66. The Kier molecular flexibility index (Phi) is 6.75. The summed E-state index contributed by atoms with van der Waals surface area (Å²) >= 11 is 0. The van der Waals surface area contributed by atoms with Crippen LogP contribution >= 0.6 is 0 Å². The van der Waals surface area contributed by atoms with Gasteiger partial charge in [0.05, 0.1) is 12.2 Å². The first-order chi connectivity index (χ1) is 14.6. The highest BCUT2D eigenvalue weighted by molar-refractivity contribution is 5.32. The number of aliphatic hydroxyl groups excluding tert-OH is 2. The maximum Gasteiger partial charge on any atom is 0.0762 e. The third-order valence-electron chi connectivity index (χ3n) is 11.2. The molecule has 4 aliphatic rings. The van der Waals surface area contributed by atoms with Crippen molar-refractivity contribution in [1.29, 1.82) is 0 Å². The molecule has 31 heavy (non-hydrogen) atoms. The second kappa shape index (κ2) is 8.79. The van der Waals surface area contributed by atoms with Gasteiger partial charge in [0.25, 0.3) is 0 Å². The van der Waals surface area contributed by atoms with Crippen molar-refractivity contribution < 1.29 is 10.2 Å². The van der Waals surface area contributed by atoms with Crippen molar-refractivity contribution in [2.75, 3.05) is 0 Å². The van der Waals surface area contributed by atoms with E-state index in [2.05, 4.69) is 47.6 Å². The molecule has 2 nitrogen and oxygen atoms in total. The Balaban J connectivity index is 1.51. The number of hydrogen-bond acceptors (Lipinski definition) is 2. The van der Waals surface area contributed by atoms with Gasteiger partial charge >= 0.3 is 0 Å². The van der Waals surface area contributed by atoms with Crippen molar-refractivity contribution in [2.45, 2.75) is 118 Å². The van der Waals surface area contributed by atoms with Crippen molar-refractivity contribution in [3.05, 3.63) is 11.6 Å². The Morgan fingerprint density at radius 2 is 1.74 bits per heavy atom. The topological polar surface area (TPSA) is 40.5 Å². The molecular formula is C29H50O2. The zero-order valence-electron chi connectivity index (χ0n) is 21.2. The average molecular weight is 431 g/mol. The molecule has 0 heterocycles. The molecule has 0 spiro atoms. The molecule has 0 saturated heterocycles. The summed E-state index contributed by atoms with van der Waals surface area (Å²) in [6.07, 6.45) is 14.2. The van der Waals surface area contributed by atoms with Gasteiger partial charge in [-0.25, -0.2) is 0 Å². The number of fused-ring (bicyclic) bond motifs is 5. The summed E-state index contributed by atoms with van der Waals surface area (Å²) in [7, 11) is 0. The van der Waals surface area contributed by atoms with Crippen LogP contribution in [0.4, 0.5) is 0 Å². The molecule has 0 radical (unpaired) electrons. The van der Waals surface area contributed by atoms with E-state index < -0.39 is 0 Å². The first-order valence-corrected chi connectivity index (χ1v) is 13.7. The molecule has 3 fully saturated rings. The Hall–Kier alpha value is -0.340. The summed E-state index contributed by atoms with van der Waals surface area (Å²) in [5.74, 6) is 4.67. The summed E-state index contributed by atoms with van der Waals surface area (Å²) in [5, 5.41) is 21.6.